The molecule has 0 radical (unpaired) electrons. The maximum absolute atomic E-state index is 11.6. The number of rotatable bonds is 4. The highest BCUT2D eigenvalue weighted by Gasteiger charge is 2.17. The number of carbonyl (C=O) groups is 1. The quantitative estimate of drug-likeness (QED) is 0.875. The van der Waals surface area contributed by atoms with E-state index in [2.05, 4.69) is 5.32 Å². The van der Waals surface area contributed by atoms with Gasteiger partial charge in [-0.3, -0.25) is 4.79 Å². The van der Waals surface area contributed by atoms with Gasteiger partial charge in [-0.15, -0.1) is 12.4 Å². The molecule has 0 spiro atoms. The molecule has 0 aliphatic carbocycles. The van der Waals surface area contributed by atoms with Crippen LogP contribution in [-0.4, -0.2) is 32.2 Å². The van der Waals surface area contributed by atoms with Crippen molar-refractivity contribution in [1.82, 2.24) is 5.32 Å². The number of ether oxygens (including phenoxy) is 2. The van der Waals surface area contributed by atoms with Crippen molar-refractivity contribution in [2.24, 2.45) is 5.73 Å². The van der Waals surface area contributed by atoms with Crippen molar-refractivity contribution < 1.29 is 14.3 Å². The largest absolute Gasteiger partial charge is 0.486 e. The van der Waals surface area contributed by atoms with E-state index in [0.717, 1.165) is 5.56 Å². The number of amides is 1. The minimum absolute atomic E-state index is 0. The van der Waals surface area contributed by atoms with Crippen LogP contribution in [-0.2, 0) is 11.2 Å². The van der Waals surface area contributed by atoms with Crippen LogP contribution in [0.5, 0.6) is 11.5 Å². The molecule has 19 heavy (non-hydrogen) atoms. The van der Waals surface area contributed by atoms with E-state index in [1.165, 1.54) is 0 Å². The fourth-order valence-corrected chi connectivity index (χ4v) is 2.01. The number of hydrogen-bond donors (Lipinski definition) is 2. The molecule has 0 saturated carbocycles. The number of benzene rings is 1. The molecule has 1 aliphatic rings. The monoisotopic (exact) mass is 306 g/mol. The Labute approximate surface area is 122 Å². The van der Waals surface area contributed by atoms with Crippen molar-refractivity contribution in [2.45, 2.75) is 6.42 Å². The van der Waals surface area contributed by atoms with Crippen molar-refractivity contribution in [2.75, 3.05) is 26.3 Å². The van der Waals surface area contributed by atoms with Crippen LogP contribution in [0.3, 0.4) is 0 Å². The Morgan fingerprint density at radius 3 is 2.84 bits per heavy atom. The summed E-state index contributed by atoms with van der Waals surface area (Å²) in [5, 5.41) is 3.17. The lowest BCUT2D eigenvalue weighted by Crippen LogP contribution is -2.30. The van der Waals surface area contributed by atoms with Gasteiger partial charge >= 0.3 is 0 Å². The predicted octanol–water partition coefficient (Wildman–Crippen LogP) is 1.15. The number of nitrogens with one attached hydrogen (secondary N) is 1. The summed E-state index contributed by atoms with van der Waals surface area (Å²) in [7, 11) is 0. The van der Waals surface area contributed by atoms with Crippen LogP contribution in [0.2, 0.25) is 5.02 Å². The number of hydrogen-bond acceptors (Lipinski definition) is 4. The van der Waals surface area contributed by atoms with Crippen LogP contribution in [0.4, 0.5) is 0 Å². The van der Waals surface area contributed by atoms with E-state index in [4.69, 9.17) is 26.8 Å². The van der Waals surface area contributed by atoms with Gasteiger partial charge in [-0.2, -0.15) is 0 Å². The van der Waals surface area contributed by atoms with E-state index >= 15 is 0 Å². The predicted molar refractivity (Wildman–Crippen MR) is 75.5 cm³/mol. The first kappa shape index (κ1) is 15.9. The molecule has 2 rings (SSSR count). The Morgan fingerprint density at radius 1 is 1.37 bits per heavy atom. The SMILES string of the molecule is Cl.NCCNC(=O)Cc1cc(Cl)c2c(c1)OCCO2. The average Bonchev–Trinajstić information content (AvgIpc) is 2.36. The molecular weight excluding hydrogens is 291 g/mol. The zero-order valence-electron chi connectivity index (χ0n) is 10.3. The molecule has 1 heterocycles. The maximum Gasteiger partial charge on any atom is 0.224 e. The molecule has 3 N–H and O–H groups in total. The first-order chi connectivity index (χ1) is 8.70. The van der Waals surface area contributed by atoms with Gasteiger partial charge in [-0.1, -0.05) is 11.6 Å². The second-order valence-electron chi connectivity index (χ2n) is 3.92. The van der Waals surface area contributed by atoms with E-state index in [1.807, 2.05) is 0 Å². The second kappa shape index (κ2) is 7.43. The van der Waals surface area contributed by atoms with Crippen LogP contribution < -0.4 is 20.5 Å². The molecule has 1 aromatic rings. The molecule has 7 heteroatoms. The molecule has 1 aliphatic heterocycles. The summed E-state index contributed by atoms with van der Waals surface area (Å²) in [6, 6.07) is 3.50. The maximum atomic E-state index is 11.6. The summed E-state index contributed by atoms with van der Waals surface area (Å²) < 4.78 is 10.9. The molecule has 0 bridgehead atoms. The number of halogens is 2. The smallest absolute Gasteiger partial charge is 0.224 e. The van der Waals surface area contributed by atoms with E-state index in [0.29, 0.717) is 42.8 Å². The van der Waals surface area contributed by atoms with Gasteiger partial charge in [0.05, 0.1) is 11.4 Å². The van der Waals surface area contributed by atoms with E-state index in [1.54, 1.807) is 12.1 Å². The highest BCUT2D eigenvalue weighted by atomic mass is 35.5. The molecule has 1 amide bonds. The summed E-state index contributed by atoms with van der Waals surface area (Å²) in [4.78, 5) is 11.6. The Morgan fingerprint density at radius 2 is 2.11 bits per heavy atom. The number of carbonyl (C=O) groups excluding carboxylic acids is 1. The fraction of sp³-hybridized carbons (Fsp3) is 0.417. The summed E-state index contributed by atoms with van der Waals surface area (Å²) in [6.45, 7) is 1.87. The van der Waals surface area contributed by atoms with Crippen molar-refractivity contribution in [1.29, 1.82) is 0 Å². The van der Waals surface area contributed by atoms with Gasteiger partial charge in [-0.05, 0) is 17.7 Å². The van der Waals surface area contributed by atoms with Crippen LogP contribution in [0, 0.1) is 0 Å². The molecule has 0 unspecified atom stereocenters. The first-order valence-corrected chi connectivity index (χ1v) is 6.13. The van der Waals surface area contributed by atoms with E-state index in [-0.39, 0.29) is 24.7 Å². The van der Waals surface area contributed by atoms with Crippen LogP contribution in [0.15, 0.2) is 12.1 Å². The van der Waals surface area contributed by atoms with Crippen LogP contribution >= 0.6 is 24.0 Å². The van der Waals surface area contributed by atoms with Crippen molar-refractivity contribution >= 4 is 29.9 Å². The fourth-order valence-electron chi connectivity index (χ4n) is 1.73. The Kier molecular flexibility index (Phi) is 6.21. The minimum Gasteiger partial charge on any atom is -0.486 e. The molecule has 0 atom stereocenters. The van der Waals surface area contributed by atoms with Gasteiger partial charge in [0.2, 0.25) is 5.91 Å². The molecule has 0 saturated heterocycles. The molecule has 1 aromatic carbocycles. The van der Waals surface area contributed by atoms with Gasteiger partial charge in [0.15, 0.2) is 11.5 Å². The Hall–Kier alpha value is -1.17. The Balaban J connectivity index is 0.00000180. The minimum atomic E-state index is -0.0896. The lowest BCUT2D eigenvalue weighted by Gasteiger charge is -2.20. The average molecular weight is 307 g/mol. The molecule has 0 aromatic heterocycles. The van der Waals surface area contributed by atoms with Gasteiger partial charge < -0.3 is 20.5 Å². The highest BCUT2D eigenvalue weighted by Crippen LogP contribution is 2.38. The van der Waals surface area contributed by atoms with Crippen molar-refractivity contribution in [3.05, 3.63) is 22.7 Å². The van der Waals surface area contributed by atoms with Gasteiger partial charge in [0, 0.05) is 13.1 Å². The van der Waals surface area contributed by atoms with Gasteiger partial charge in [0.1, 0.15) is 13.2 Å². The Bertz CT molecular complexity index is 455. The van der Waals surface area contributed by atoms with Gasteiger partial charge in [0.25, 0.3) is 0 Å². The molecule has 106 valence electrons. The number of fused-ring (bicyclic) bond motifs is 1. The number of nitrogens with two attached hydrogens (primary N) is 1. The van der Waals surface area contributed by atoms with Crippen molar-refractivity contribution in [3.8, 4) is 11.5 Å². The zero-order chi connectivity index (χ0) is 13.0. The standard InChI is InChI=1S/C12H15ClN2O3.ClH/c13-9-5-8(7-11(16)15-2-1-14)6-10-12(9)18-4-3-17-10;/h5-6H,1-4,7,14H2,(H,15,16);1H. The zero-order valence-corrected chi connectivity index (χ0v) is 11.9. The molecule has 0 fully saturated rings. The topological polar surface area (TPSA) is 73.6 Å². The summed E-state index contributed by atoms with van der Waals surface area (Å²) in [6.07, 6.45) is 0.246. The van der Waals surface area contributed by atoms with Gasteiger partial charge in [-0.25, -0.2) is 0 Å². The summed E-state index contributed by atoms with van der Waals surface area (Å²) in [5.41, 5.74) is 6.10. The first-order valence-electron chi connectivity index (χ1n) is 5.75. The molecular formula is C12H16Cl2N2O3. The highest BCUT2D eigenvalue weighted by molar-refractivity contribution is 6.32. The van der Waals surface area contributed by atoms with E-state index in [9.17, 15) is 4.79 Å². The third kappa shape index (κ3) is 4.16. The third-order valence-electron chi connectivity index (χ3n) is 2.49. The summed E-state index contributed by atoms with van der Waals surface area (Å²) in [5.74, 6) is 1.05. The lowest BCUT2D eigenvalue weighted by molar-refractivity contribution is -0.120. The normalized spacial score (nSPS) is 12.5. The summed E-state index contributed by atoms with van der Waals surface area (Å²) >= 11 is 6.08. The lowest BCUT2D eigenvalue weighted by atomic mass is 10.1. The third-order valence-corrected chi connectivity index (χ3v) is 2.77. The van der Waals surface area contributed by atoms with Crippen LogP contribution in [0.1, 0.15) is 5.56 Å². The van der Waals surface area contributed by atoms with E-state index < -0.39 is 0 Å². The van der Waals surface area contributed by atoms with Crippen molar-refractivity contribution in [3.63, 3.8) is 0 Å². The second-order valence-corrected chi connectivity index (χ2v) is 4.32. The van der Waals surface area contributed by atoms with Crippen LogP contribution in [0.25, 0.3) is 0 Å². The molecule has 5 nitrogen and oxygen atoms in total.